The molecular formula is C25H32O12. The van der Waals surface area contributed by atoms with Gasteiger partial charge in [-0.25, -0.2) is 4.79 Å². The van der Waals surface area contributed by atoms with Gasteiger partial charge < -0.3 is 35.0 Å². The molecule has 0 saturated heterocycles. The molecule has 204 valence electrons. The van der Waals surface area contributed by atoms with Crippen molar-refractivity contribution in [2.45, 2.75) is 11.2 Å². The van der Waals surface area contributed by atoms with Crippen LogP contribution in [0.15, 0.2) is 63.3 Å². The SMILES string of the molecule is C=CC(=O)OC(C(=O)C=C)(C(=O)C=C)C(CO)(COCC(CO)(CO)CO)C(O)(C(=O)C=C)C(=O)C=C. The third kappa shape index (κ3) is 5.64. The van der Waals surface area contributed by atoms with Gasteiger partial charge in [-0.3, -0.25) is 19.2 Å². The van der Waals surface area contributed by atoms with Crippen LogP contribution in [0.3, 0.4) is 0 Å². The number of rotatable bonds is 20. The number of aliphatic hydroxyl groups is 5. The highest BCUT2D eigenvalue weighted by Crippen LogP contribution is 2.48. The molecule has 12 nitrogen and oxygen atoms in total. The van der Waals surface area contributed by atoms with Crippen LogP contribution in [0, 0.1) is 10.8 Å². The predicted molar refractivity (Wildman–Crippen MR) is 129 cm³/mol. The van der Waals surface area contributed by atoms with Crippen molar-refractivity contribution in [3.63, 3.8) is 0 Å². The van der Waals surface area contributed by atoms with Gasteiger partial charge in [-0.05, 0) is 24.3 Å². The Morgan fingerprint density at radius 2 is 1.03 bits per heavy atom. The van der Waals surface area contributed by atoms with E-state index in [1.54, 1.807) is 0 Å². The Morgan fingerprint density at radius 3 is 1.32 bits per heavy atom. The van der Waals surface area contributed by atoms with Gasteiger partial charge in [0.15, 0.2) is 11.6 Å². The average molecular weight is 525 g/mol. The Morgan fingerprint density at radius 1 is 0.622 bits per heavy atom. The van der Waals surface area contributed by atoms with Gasteiger partial charge in [-0.1, -0.05) is 32.9 Å². The maximum atomic E-state index is 13.3. The third-order valence-electron chi connectivity index (χ3n) is 5.97. The van der Waals surface area contributed by atoms with E-state index in [4.69, 9.17) is 9.47 Å². The summed E-state index contributed by atoms with van der Waals surface area (Å²) in [6.07, 6.45) is 2.35. The van der Waals surface area contributed by atoms with E-state index < -0.39 is 90.8 Å². The van der Waals surface area contributed by atoms with E-state index in [0.29, 0.717) is 30.4 Å². The first kappa shape index (κ1) is 33.6. The molecule has 0 aromatic heterocycles. The normalized spacial score (nSPS) is 13.4. The van der Waals surface area contributed by atoms with E-state index >= 15 is 0 Å². The summed E-state index contributed by atoms with van der Waals surface area (Å²) in [4.78, 5) is 65.1. The van der Waals surface area contributed by atoms with Gasteiger partial charge >= 0.3 is 5.97 Å². The number of esters is 1. The Kier molecular flexibility index (Phi) is 12.5. The van der Waals surface area contributed by atoms with Crippen LogP contribution in [0.1, 0.15) is 0 Å². The van der Waals surface area contributed by atoms with Crippen LogP contribution in [-0.4, -0.2) is 105 Å². The van der Waals surface area contributed by atoms with Crippen LogP contribution < -0.4 is 0 Å². The van der Waals surface area contributed by atoms with Crippen LogP contribution in [0.5, 0.6) is 0 Å². The number of aliphatic hydroxyl groups excluding tert-OH is 4. The Hall–Kier alpha value is -3.39. The van der Waals surface area contributed by atoms with Crippen molar-refractivity contribution in [3.8, 4) is 0 Å². The molecule has 0 bridgehead atoms. The lowest BCUT2D eigenvalue weighted by molar-refractivity contribution is -0.228. The molecule has 1 atom stereocenters. The molecule has 0 saturated carbocycles. The topological polar surface area (TPSA) is 205 Å². The zero-order chi connectivity index (χ0) is 29.1. The Bertz CT molecular complexity index is 910. The second-order valence-corrected chi connectivity index (χ2v) is 8.00. The van der Waals surface area contributed by atoms with Crippen molar-refractivity contribution in [1.82, 2.24) is 0 Å². The molecule has 0 rings (SSSR count). The van der Waals surface area contributed by atoms with Crippen molar-refractivity contribution in [2.75, 3.05) is 39.6 Å². The van der Waals surface area contributed by atoms with Crippen molar-refractivity contribution in [2.24, 2.45) is 10.8 Å². The zero-order valence-corrected chi connectivity index (χ0v) is 20.3. The highest BCUT2D eigenvalue weighted by atomic mass is 16.6. The maximum Gasteiger partial charge on any atom is 0.331 e. The van der Waals surface area contributed by atoms with Gasteiger partial charge in [-0.2, -0.15) is 0 Å². The van der Waals surface area contributed by atoms with Crippen LogP contribution in [0.2, 0.25) is 0 Å². The lowest BCUT2D eigenvalue weighted by Gasteiger charge is -2.51. The molecule has 0 fully saturated rings. The van der Waals surface area contributed by atoms with Crippen LogP contribution in [-0.2, 0) is 33.4 Å². The van der Waals surface area contributed by atoms with Crippen LogP contribution >= 0.6 is 0 Å². The van der Waals surface area contributed by atoms with Crippen molar-refractivity contribution in [3.05, 3.63) is 63.3 Å². The number of ketones is 4. The second-order valence-electron chi connectivity index (χ2n) is 8.00. The number of hydrogen-bond donors (Lipinski definition) is 5. The Labute approximate surface area is 213 Å². The van der Waals surface area contributed by atoms with Crippen molar-refractivity contribution in [1.29, 1.82) is 0 Å². The molecule has 0 radical (unpaired) electrons. The highest BCUT2D eigenvalue weighted by Gasteiger charge is 2.74. The molecule has 0 amide bonds. The summed E-state index contributed by atoms with van der Waals surface area (Å²) in [5.74, 6) is -7.58. The van der Waals surface area contributed by atoms with E-state index in [1.807, 2.05) is 0 Å². The van der Waals surface area contributed by atoms with Crippen molar-refractivity contribution < 1.29 is 59.0 Å². The molecule has 0 aliphatic heterocycles. The van der Waals surface area contributed by atoms with Gasteiger partial charge in [0.2, 0.25) is 22.8 Å². The van der Waals surface area contributed by atoms with Gasteiger partial charge in [-0.15, -0.1) is 0 Å². The van der Waals surface area contributed by atoms with E-state index in [2.05, 4.69) is 32.9 Å². The molecule has 12 heteroatoms. The number of carbonyl (C=O) groups excluding carboxylic acids is 5. The smallest absolute Gasteiger partial charge is 0.331 e. The fraction of sp³-hybridized carbons (Fsp3) is 0.400. The molecular weight excluding hydrogens is 492 g/mol. The first-order valence-electron chi connectivity index (χ1n) is 10.6. The molecule has 0 heterocycles. The number of ether oxygens (including phenoxy) is 2. The first-order valence-corrected chi connectivity index (χ1v) is 10.6. The van der Waals surface area contributed by atoms with Crippen LogP contribution in [0.25, 0.3) is 0 Å². The van der Waals surface area contributed by atoms with E-state index in [9.17, 15) is 49.5 Å². The van der Waals surface area contributed by atoms with Crippen LogP contribution in [0.4, 0.5) is 0 Å². The molecule has 0 spiro atoms. The summed E-state index contributed by atoms with van der Waals surface area (Å²) < 4.78 is 10.5. The fourth-order valence-corrected chi connectivity index (χ4v) is 3.62. The second kappa shape index (κ2) is 13.8. The van der Waals surface area contributed by atoms with E-state index in [1.165, 1.54) is 0 Å². The molecule has 5 N–H and O–H groups in total. The summed E-state index contributed by atoms with van der Waals surface area (Å²) in [7, 11) is 0. The summed E-state index contributed by atoms with van der Waals surface area (Å²) in [5, 5.41) is 51.1. The molecule has 0 aromatic carbocycles. The highest BCUT2D eigenvalue weighted by molar-refractivity contribution is 6.25. The van der Waals surface area contributed by atoms with Gasteiger partial charge in [0.1, 0.15) is 5.41 Å². The summed E-state index contributed by atoms with van der Waals surface area (Å²) >= 11 is 0. The third-order valence-corrected chi connectivity index (χ3v) is 5.97. The largest absolute Gasteiger partial charge is 0.438 e. The minimum absolute atomic E-state index is 0.447. The average Bonchev–Trinajstić information content (AvgIpc) is 2.94. The quantitative estimate of drug-likeness (QED) is 0.0677. The van der Waals surface area contributed by atoms with E-state index in [0.717, 1.165) is 0 Å². The maximum absolute atomic E-state index is 13.3. The van der Waals surface area contributed by atoms with Gasteiger partial charge in [0, 0.05) is 6.08 Å². The first-order chi connectivity index (χ1) is 17.3. The van der Waals surface area contributed by atoms with Gasteiger partial charge in [0.25, 0.3) is 0 Å². The summed E-state index contributed by atoms with van der Waals surface area (Å²) in [6, 6.07) is 0. The lowest BCUT2D eigenvalue weighted by Crippen LogP contribution is -2.76. The van der Waals surface area contributed by atoms with E-state index in [-0.39, 0.29) is 0 Å². The Balaban J connectivity index is 7.91. The fourth-order valence-electron chi connectivity index (χ4n) is 3.62. The molecule has 0 aromatic rings. The molecule has 37 heavy (non-hydrogen) atoms. The molecule has 0 aliphatic rings. The molecule has 0 aliphatic carbocycles. The number of carbonyl (C=O) groups is 5. The predicted octanol–water partition coefficient (Wildman–Crippen LogP) is -1.84. The minimum atomic E-state index is -3.59. The molecule has 1 unspecified atom stereocenters. The lowest BCUT2D eigenvalue weighted by atomic mass is 9.56. The standard InChI is InChI=1S/C25H32O12/c1-6-17(30)24(35,18(31)7-2)23(14-29,16-36-15-22(11-26,12-27)13-28)25(19(32)8-3,20(33)9-4)37-21(34)10-5/h6-10,26-29,35H,1-5,11-16H2. The minimum Gasteiger partial charge on any atom is -0.438 e. The zero-order valence-electron chi connectivity index (χ0n) is 20.3. The monoisotopic (exact) mass is 524 g/mol. The summed E-state index contributed by atoms with van der Waals surface area (Å²) in [6.45, 7) is 9.77. The van der Waals surface area contributed by atoms with Gasteiger partial charge in [0.05, 0.1) is 45.1 Å². The number of hydrogen-bond acceptors (Lipinski definition) is 12. The summed E-state index contributed by atoms with van der Waals surface area (Å²) in [5.41, 5.74) is -11.9. The van der Waals surface area contributed by atoms with Crippen molar-refractivity contribution >= 4 is 29.1 Å².